The van der Waals surface area contributed by atoms with E-state index in [4.69, 9.17) is 5.11 Å². The number of halogens is 4. The second-order valence-electron chi connectivity index (χ2n) is 4.51. The minimum atomic E-state index is -4.71. The van der Waals surface area contributed by atoms with E-state index in [0.717, 1.165) is 12.1 Å². The van der Waals surface area contributed by atoms with Crippen LogP contribution in [0.2, 0.25) is 0 Å². The van der Waals surface area contributed by atoms with Crippen LogP contribution in [-0.2, 0) is 12.7 Å². The Labute approximate surface area is 128 Å². The highest BCUT2D eigenvalue weighted by molar-refractivity contribution is 5.65. The summed E-state index contributed by atoms with van der Waals surface area (Å²) in [5.74, 6) is -0.990. The third-order valence-corrected chi connectivity index (χ3v) is 2.81. The fourth-order valence-electron chi connectivity index (χ4n) is 1.78. The van der Waals surface area contributed by atoms with Crippen LogP contribution in [0.25, 0.3) is 0 Å². The quantitative estimate of drug-likeness (QED) is 0.747. The van der Waals surface area contributed by atoms with Crippen LogP contribution in [0.15, 0.2) is 36.5 Å². The standard InChI is InChI=1S/C14H11F4N3O2/c15-8-1-4-12(11(5-8)14(16,17)18)21-10-3-2-9(19-7-10)6-20-13(22)23/h1-5,7,20-21H,6H2,(H,22,23). The molecular weight excluding hydrogens is 318 g/mol. The van der Waals surface area contributed by atoms with Crippen molar-refractivity contribution in [1.29, 1.82) is 0 Å². The van der Waals surface area contributed by atoms with Crippen molar-refractivity contribution in [1.82, 2.24) is 10.3 Å². The van der Waals surface area contributed by atoms with E-state index in [9.17, 15) is 22.4 Å². The number of nitrogens with zero attached hydrogens (tertiary/aromatic N) is 1. The van der Waals surface area contributed by atoms with Gasteiger partial charge in [-0.1, -0.05) is 0 Å². The van der Waals surface area contributed by atoms with Crippen LogP contribution in [0.3, 0.4) is 0 Å². The molecule has 0 atom stereocenters. The van der Waals surface area contributed by atoms with Crippen LogP contribution in [0.5, 0.6) is 0 Å². The number of carboxylic acid groups (broad SMARTS) is 1. The predicted octanol–water partition coefficient (Wildman–Crippen LogP) is 3.75. The minimum absolute atomic E-state index is 0.0278. The van der Waals surface area contributed by atoms with E-state index < -0.39 is 23.7 Å². The second-order valence-corrected chi connectivity index (χ2v) is 4.51. The number of alkyl halides is 3. The molecule has 0 fully saturated rings. The van der Waals surface area contributed by atoms with Crippen molar-refractivity contribution in [2.24, 2.45) is 0 Å². The summed E-state index contributed by atoms with van der Waals surface area (Å²) in [6, 6.07) is 5.19. The number of hydrogen-bond donors (Lipinski definition) is 3. The molecule has 2 rings (SSSR count). The van der Waals surface area contributed by atoms with Crippen LogP contribution in [0, 0.1) is 5.82 Å². The number of aromatic nitrogens is 1. The predicted molar refractivity (Wildman–Crippen MR) is 73.8 cm³/mol. The Morgan fingerprint density at radius 3 is 2.52 bits per heavy atom. The highest BCUT2D eigenvalue weighted by Gasteiger charge is 2.34. The number of hydrogen-bond acceptors (Lipinski definition) is 3. The highest BCUT2D eigenvalue weighted by atomic mass is 19.4. The van der Waals surface area contributed by atoms with Gasteiger partial charge in [-0.05, 0) is 30.3 Å². The lowest BCUT2D eigenvalue weighted by atomic mass is 10.1. The van der Waals surface area contributed by atoms with Gasteiger partial charge in [0.25, 0.3) is 0 Å². The van der Waals surface area contributed by atoms with Gasteiger partial charge in [0.15, 0.2) is 0 Å². The monoisotopic (exact) mass is 329 g/mol. The van der Waals surface area contributed by atoms with Gasteiger partial charge in [-0.3, -0.25) is 4.98 Å². The van der Waals surface area contributed by atoms with E-state index in [2.05, 4.69) is 15.6 Å². The SMILES string of the molecule is O=C(O)NCc1ccc(Nc2ccc(F)cc2C(F)(F)F)cn1. The van der Waals surface area contributed by atoms with Gasteiger partial charge in [0.05, 0.1) is 35.4 Å². The molecule has 3 N–H and O–H groups in total. The maximum Gasteiger partial charge on any atom is 0.418 e. The van der Waals surface area contributed by atoms with Gasteiger partial charge in [-0.25, -0.2) is 9.18 Å². The molecule has 1 aromatic carbocycles. The van der Waals surface area contributed by atoms with E-state index in [-0.39, 0.29) is 17.9 Å². The second kappa shape index (κ2) is 6.51. The Bertz CT molecular complexity index is 702. The molecule has 0 aliphatic carbocycles. The number of anilines is 2. The molecule has 5 nitrogen and oxygen atoms in total. The number of carbonyl (C=O) groups is 1. The minimum Gasteiger partial charge on any atom is -0.465 e. The first-order chi connectivity index (χ1) is 10.8. The van der Waals surface area contributed by atoms with Crippen LogP contribution < -0.4 is 10.6 Å². The molecule has 23 heavy (non-hydrogen) atoms. The summed E-state index contributed by atoms with van der Waals surface area (Å²) in [4.78, 5) is 14.3. The molecular formula is C14H11F4N3O2. The number of amides is 1. The van der Waals surface area contributed by atoms with Gasteiger partial charge in [0.2, 0.25) is 0 Å². The highest BCUT2D eigenvalue weighted by Crippen LogP contribution is 2.36. The van der Waals surface area contributed by atoms with E-state index >= 15 is 0 Å². The Morgan fingerprint density at radius 1 is 1.22 bits per heavy atom. The van der Waals surface area contributed by atoms with Gasteiger partial charge >= 0.3 is 12.3 Å². The largest absolute Gasteiger partial charge is 0.465 e. The fraction of sp³-hybridized carbons (Fsp3) is 0.143. The Kier molecular flexibility index (Phi) is 4.68. The summed E-state index contributed by atoms with van der Waals surface area (Å²) in [7, 11) is 0. The Hall–Kier alpha value is -2.84. The summed E-state index contributed by atoms with van der Waals surface area (Å²) in [6.45, 7) is -0.0278. The number of benzene rings is 1. The Morgan fingerprint density at radius 2 is 1.96 bits per heavy atom. The molecule has 0 spiro atoms. The summed E-state index contributed by atoms with van der Waals surface area (Å²) < 4.78 is 51.7. The first-order valence-electron chi connectivity index (χ1n) is 6.31. The molecule has 1 heterocycles. The smallest absolute Gasteiger partial charge is 0.418 e. The lowest BCUT2D eigenvalue weighted by Gasteiger charge is -2.14. The lowest BCUT2D eigenvalue weighted by Crippen LogP contribution is -2.20. The van der Waals surface area contributed by atoms with Crippen molar-refractivity contribution in [3.63, 3.8) is 0 Å². The van der Waals surface area contributed by atoms with Gasteiger partial charge < -0.3 is 15.7 Å². The molecule has 1 amide bonds. The summed E-state index contributed by atoms with van der Waals surface area (Å²) in [5, 5.41) is 13.1. The zero-order chi connectivity index (χ0) is 17.0. The molecule has 0 bridgehead atoms. The zero-order valence-electron chi connectivity index (χ0n) is 11.5. The molecule has 0 radical (unpaired) electrons. The van der Waals surface area contributed by atoms with Gasteiger partial charge in [-0.2, -0.15) is 13.2 Å². The van der Waals surface area contributed by atoms with E-state index in [0.29, 0.717) is 11.8 Å². The first-order valence-corrected chi connectivity index (χ1v) is 6.31. The summed E-state index contributed by atoms with van der Waals surface area (Å²) >= 11 is 0. The van der Waals surface area contributed by atoms with Crippen molar-refractivity contribution >= 4 is 17.5 Å². The van der Waals surface area contributed by atoms with Crippen molar-refractivity contribution in [2.75, 3.05) is 5.32 Å². The molecule has 0 unspecified atom stereocenters. The van der Waals surface area contributed by atoms with Crippen LogP contribution >= 0.6 is 0 Å². The molecule has 2 aromatic rings. The first kappa shape index (κ1) is 16.5. The van der Waals surface area contributed by atoms with Crippen LogP contribution in [0.4, 0.5) is 33.7 Å². The average molecular weight is 329 g/mol. The number of rotatable bonds is 4. The van der Waals surface area contributed by atoms with E-state index in [1.807, 2.05) is 0 Å². The van der Waals surface area contributed by atoms with E-state index in [1.165, 1.54) is 18.3 Å². The lowest BCUT2D eigenvalue weighted by molar-refractivity contribution is -0.137. The summed E-state index contributed by atoms with van der Waals surface area (Å²) in [6.07, 6.45) is -4.67. The van der Waals surface area contributed by atoms with E-state index in [1.54, 1.807) is 0 Å². The molecule has 122 valence electrons. The molecule has 0 saturated heterocycles. The van der Waals surface area contributed by atoms with Crippen molar-refractivity contribution in [3.05, 3.63) is 53.6 Å². The van der Waals surface area contributed by atoms with Crippen molar-refractivity contribution in [3.8, 4) is 0 Å². The fourth-order valence-corrected chi connectivity index (χ4v) is 1.78. The number of pyridine rings is 1. The number of nitrogens with one attached hydrogen (secondary N) is 2. The third-order valence-electron chi connectivity index (χ3n) is 2.81. The van der Waals surface area contributed by atoms with Gasteiger partial charge in [0, 0.05) is 0 Å². The van der Waals surface area contributed by atoms with Gasteiger partial charge in [0.1, 0.15) is 5.82 Å². The van der Waals surface area contributed by atoms with Crippen LogP contribution in [-0.4, -0.2) is 16.2 Å². The molecule has 1 aromatic heterocycles. The third kappa shape index (κ3) is 4.56. The normalized spacial score (nSPS) is 11.1. The topological polar surface area (TPSA) is 74.2 Å². The molecule has 0 aliphatic rings. The van der Waals surface area contributed by atoms with Crippen molar-refractivity contribution in [2.45, 2.75) is 12.7 Å². The zero-order valence-corrected chi connectivity index (χ0v) is 11.5. The maximum atomic E-state index is 13.0. The molecule has 9 heteroatoms. The molecule has 0 saturated carbocycles. The van der Waals surface area contributed by atoms with Crippen molar-refractivity contribution < 1.29 is 27.5 Å². The maximum absolute atomic E-state index is 13.0. The van der Waals surface area contributed by atoms with Crippen LogP contribution in [0.1, 0.15) is 11.3 Å². The summed E-state index contributed by atoms with van der Waals surface area (Å²) in [5.41, 5.74) is -0.791. The van der Waals surface area contributed by atoms with Gasteiger partial charge in [-0.15, -0.1) is 0 Å². The Balaban J connectivity index is 2.18. The average Bonchev–Trinajstić information content (AvgIpc) is 2.47. The molecule has 0 aliphatic heterocycles.